The van der Waals surface area contributed by atoms with Crippen molar-refractivity contribution in [3.05, 3.63) is 101 Å². The van der Waals surface area contributed by atoms with Crippen LogP contribution in [0, 0.1) is 0 Å². The summed E-state index contributed by atoms with van der Waals surface area (Å²) >= 11 is 0. The lowest BCUT2D eigenvalue weighted by molar-refractivity contribution is -0.135. The normalized spacial score (nSPS) is 12.8. The number of methoxy groups -OCH3 is 1. The smallest absolute Gasteiger partial charge is 0.337 e. The van der Waals surface area contributed by atoms with E-state index >= 15 is 0 Å². The molecule has 0 aliphatic carbocycles. The zero-order valence-electron chi connectivity index (χ0n) is 19.8. The van der Waals surface area contributed by atoms with Crippen LogP contribution in [0.1, 0.15) is 12.5 Å². The molecule has 0 bridgehead atoms. The molecule has 6 nitrogen and oxygen atoms in total. The first-order valence-electron chi connectivity index (χ1n) is 10.5. The number of allylic oxidation sites excluding steroid dienone is 5. The van der Waals surface area contributed by atoms with Gasteiger partial charge in [-0.3, -0.25) is 4.79 Å². The van der Waals surface area contributed by atoms with Crippen LogP contribution in [0.2, 0.25) is 0 Å². The molecule has 2 rings (SSSR count). The highest BCUT2D eigenvalue weighted by Gasteiger charge is 2.09. The van der Waals surface area contributed by atoms with Crippen molar-refractivity contribution in [3.63, 3.8) is 0 Å². The Morgan fingerprint density at radius 1 is 1.03 bits per heavy atom. The molecule has 2 aromatic rings. The fourth-order valence-electron chi connectivity index (χ4n) is 2.94. The highest BCUT2D eigenvalue weighted by Crippen LogP contribution is 2.24. The summed E-state index contributed by atoms with van der Waals surface area (Å²) in [5.41, 5.74) is 5.06. The van der Waals surface area contributed by atoms with Crippen molar-refractivity contribution in [1.29, 1.82) is 0 Å². The summed E-state index contributed by atoms with van der Waals surface area (Å²) in [6, 6.07) is 17.6. The molecule has 0 unspecified atom stereocenters. The van der Waals surface area contributed by atoms with Crippen LogP contribution < -0.4 is 15.5 Å². The molecule has 2 N–H and O–H groups in total. The highest BCUT2D eigenvalue weighted by atomic mass is 16.5. The number of anilines is 2. The third kappa shape index (κ3) is 7.54. The van der Waals surface area contributed by atoms with Crippen LogP contribution in [0.15, 0.2) is 95.7 Å². The van der Waals surface area contributed by atoms with E-state index in [0.717, 1.165) is 28.9 Å². The predicted octanol–water partition coefficient (Wildman–Crippen LogP) is 4.55. The maximum atomic E-state index is 12.1. The number of ether oxygens (including phenoxy) is 1. The standard InChI is InChI=1S/C27H31N3O3/c1-20(28-2)18-22(27(32)33-5)12-9-13-23(19-31)26(21-10-7-6-8-11-21)29-24-14-16-25(17-15-24)30(3)4/h6-19,28-29H,1-5H3/b13-9+,20-18+,22-12+,26-23-. The van der Waals surface area contributed by atoms with Gasteiger partial charge in [0.1, 0.15) is 0 Å². The molecule has 0 saturated carbocycles. The van der Waals surface area contributed by atoms with Crippen molar-refractivity contribution in [2.45, 2.75) is 6.92 Å². The number of nitrogens with one attached hydrogen (secondary N) is 2. The largest absolute Gasteiger partial charge is 0.465 e. The lowest BCUT2D eigenvalue weighted by atomic mass is 10.1. The average Bonchev–Trinajstić information content (AvgIpc) is 2.84. The Bertz CT molecular complexity index is 1060. The molecular weight excluding hydrogens is 414 g/mol. The first-order chi connectivity index (χ1) is 15.9. The lowest BCUT2D eigenvalue weighted by Crippen LogP contribution is -2.08. The van der Waals surface area contributed by atoms with Gasteiger partial charge in [-0.25, -0.2) is 4.79 Å². The second-order valence-corrected chi connectivity index (χ2v) is 7.43. The minimum atomic E-state index is -0.465. The molecule has 0 heterocycles. The second-order valence-electron chi connectivity index (χ2n) is 7.43. The van der Waals surface area contributed by atoms with E-state index in [1.165, 1.54) is 7.11 Å². The first kappa shape index (κ1) is 25.2. The van der Waals surface area contributed by atoms with Gasteiger partial charge in [0.15, 0.2) is 6.29 Å². The van der Waals surface area contributed by atoms with Crippen molar-refractivity contribution in [2.24, 2.45) is 0 Å². The highest BCUT2D eigenvalue weighted by molar-refractivity contribution is 5.96. The molecule has 0 spiro atoms. The first-order valence-corrected chi connectivity index (χ1v) is 10.5. The van der Waals surface area contributed by atoms with Crippen LogP contribution in [0.4, 0.5) is 11.4 Å². The van der Waals surface area contributed by atoms with E-state index in [2.05, 4.69) is 10.6 Å². The quantitative estimate of drug-likeness (QED) is 0.242. The second kappa shape index (κ2) is 12.7. The Balaban J connectivity index is 2.48. The minimum absolute atomic E-state index is 0.361. The van der Waals surface area contributed by atoms with Crippen molar-refractivity contribution < 1.29 is 14.3 Å². The third-order valence-electron chi connectivity index (χ3n) is 4.87. The minimum Gasteiger partial charge on any atom is -0.465 e. The third-order valence-corrected chi connectivity index (χ3v) is 4.87. The summed E-state index contributed by atoms with van der Waals surface area (Å²) in [7, 11) is 7.07. The Kier molecular flexibility index (Phi) is 9.71. The van der Waals surface area contributed by atoms with Gasteiger partial charge >= 0.3 is 5.97 Å². The van der Waals surface area contributed by atoms with Crippen molar-refractivity contribution in [1.82, 2.24) is 5.32 Å². The molecule has 172 valence electrons. The zero-order valence-corrected chi connectivity index (χ0v) is 19.8. The van der Waals surface area contributed by atoms with Gasteiger partial charge in [-0.05, 0) is 55.0 Å². The van der Waals surface area contributed by atoms with Gasteiger partial charge in [0, 0.05) is 43.8 Å². The van der Waals surface area contributed by atoms with E-state index in [-0.39, 0.29) is 0 Å². The van der Waals surface area contributed by atoms with E-state index in [1.54, 1.807) is 31.4 Å². The van der Waals surface area contributed by atoms with Crippen LogP contribution in [0.25, 0.3) is 5.70 Å². The van der Waals surface area contributed by atoms with Crippen molar-refractivity contribution >= 4 is 29.3 Å². The Labute approximate surface area is 196 Å². The average molecular weight is 446 g/mol. The van der Waals surface area contributed by atoms with E-state index in [1.807, 2.05) is 80.5 Å². The van der Waals surface area contributed by atoms with Gasteiger partial charge in [0.05, 0.1) is 18.4 Å². The van der Waals surface area contributed by atoms with Crippen molar-refractivity contribution in [3.8, 4) is 0 Å². The van der Waals surface area contributed by atoms with Gasteiger partial charge in [0.25, 0.3) is 0 Å². The Morgan fingerprint density at radius 2 is 1.70 bits per heavy atom. The number of hydrogen-bond acceptors (Lipinski definition) is 6. The number of aldehydes is 1. The van der Waals surface area contributed by atoms with Gasteiger partial charge < -0.3 is 20.3 Å². The molecule has 0 atom stereocenters. The van der Waals surface area contributed by atoms with Crippen molar-refractivity contribution in [2.75, 3.05) is 38.5 Å². The van der Waals surface area contributed by atoms with Crippen LogP contribution in [-0.2, 0) is 14.3 Å². The molecule has 0 fully saturated rings. The van der Waals surface area contributed by atoms with E-state index in [9.17, 15) is 9.59 Å². The van der Waals surface area contributed by atoms with Gasteiger partial charge in [-0.15, -0.1) is 0 Å². The van der Waals surface area contributed by atoms with E-state index in [0.29, 0.717) is 16.8 Å². The molecule has 0 saturated heterocycles. The number of benzene rings is 2. The summed E-state index contributed by atoms with van der Waals surface area (Å²) in [5, 5.41) is 6.34. The number of carbonyl (C=O) groups is 2. The predicted molar refractivity (Wildman–Crippen MR) is 136 cm³/mol. The maximum absolute atomic E-state index is 12.1. The van der Waals surface area contributed by atoms with Crippen LogP contribution in [-0.4, -0.2) is 40.5 Å². The summed E-state index contributed by atoms with van der Waals surface area (Å²) < 4.78 is 4.85. The Morgan fingerprint density at radius 3 is 2.24 bits per heavy atom. The Hall–Kier alpha value is -4.06. The molecule has 0 aliphatic rings. The number of rotatable bonds is 10. The molecule has 6 heteroatoms. The summed E-state index contributed by atoms with van der Waals surface area (Å²) in [6.45, 7) is 1.84. The molecule has 0 aromatic heterocycles. The van der Waals surface area contributed by atoms with E-state index < -0.39 is 5.97 Å². The number of nitrogens with zero attached hydrogens (tertiary/aromatic N) is 1. The van der Waals surface area contributed by atoms with Crippen LogP contribution >= 0.6 is 0 Å². The van der Waals surface area contributed by atoms with Crippen LogP contribution in [0.3, 0.4) is 0 Å². The number of hydrogen-bond donors (Lipinski definition) is 2. The number of carbonyl (C=O) groups excluding carboxylic acids is 2. The van der Waals surface area contributed by atoms with Crippen LogP contribution in [0.5, 0.6) is 0 Å². The fourth-order valence-corrected chi connectivity index (χ4v) is 2.94. The SMILES string of the molecule is CN/C(C)=C/C(=C\C=C\C(C=O)=C(\Nc1ccc(N(C)C)cc1)c1ccccc1)C(=O)OC. The molecule has 33 heavy (non-hydrogen) atoms. The van der Waals surface area contributed by atoms with Gasteiger partial charge in [0.2, 0.25) is 0 Å². The summed E-state index contributed by atoms with van der Waals surface area (Å²) in [5.74, 6) is -0.465. The summed E-state index contributed by atoms with van der Waals surface area (Å²) in [6.07, 6.45) is 7.42. The molecule has 0 amide bonds. The lowest BCUT2D eigenvalue weighted by Gasteiger charge is -2.16. The molecule has 2 aromatic carbocycles. The summed E-state index contributed by atoms with van der Waals surface area (Å²) in [4.78, 5) is 26.2. The molecule has 0 aliphatic heterocycles. The van der Waals surface area contributed by atoms with Gasteiger partial charge in [-0.1, -0.05) is 36.4 Å². The monoisotopic (exact) mass is 445 g/mol. The zero-order chi connectivity index (χ0) is 24.2. The molecular formula is C27H31N3O3. The van der Waals surface area contributed by atoms with Gasteiger partial charge in [-0.2, -0.15) is 0 Å². The topological polar surface area (TPSA) is 70.7 Å². The fraction of sp³-hybridized carbons (Fsp3) is 0.185. The number of esters is 1. The van der Waals surface area contributed by atoms with E-state index in [4.69, 9.17) is 4.74 Å². The maximum Gasteiger partial charge on any atom is 0.337 e. The molecule has 0 radical (unpaired) electrons.